The van der Waals surface area contributed by atoms with Crippen molar-refractivity contribution in [3.63, 3.8) is 0 Å². The van der Waals surface area contributed by atoms with Crippen molar-refractivity contribution in [2.24, 2.45) is 5.92 Å². The van der Waals surface area contributed by atoms with Crippen LogP contribution in [-0.2, 0) is 14.3 Å². The zero-order valence-corrected chi connectivity index (χ0v) is 17.9. The fourth-order valence-corrected chi connectivity index (χ4v) is 3.60. The van der Waals surface area contributed by atoms with Crippen LogP contribution in [0.1, 0.15) is 32.3 Å². The maximum Gasteiger partial charge on any atom is 0.407 e. The summed E-state index contributed by atoms with van der Waals surface area (Å²) in [5.41, 5.74) is 1.30. The molecule has 6 nitrogen and oxygen atoms in total. The summed E-state index contributed by atoms with van der Waals surface area (Å²) in [7, 11) is 0. The number of carbonyl (C=O) groups is 2. The lowest BCUT2D eigenvalue weighted by Gasteiger charge is -2.27. The maximum absolute atomic E-state index is 11.5. The molecule has 0 fully saturated rings. The molecule has 0 spiro atoms. The first-order valence-corrected chi connectivity index (χ1v) is 10.6. The van der Waals surface area contributed by atoms with Gasteiger partial charge in [-0.15, -0.1) is 0 Å². The standard InChI is InChI=1S/C21H31NO5S/c1-6-19(23)26-12-11-22-21(24)27-14-13-25-18-9-7-17(8-10-18)20(15(2)3)16(4)28-5/h6-10,15-16,20H,1,11-14H2,2-5H3,(H,22,24). The Bertz CT molecular complexity index is 618. The predicted octanol–water partition coefficient (Wildman–Crippen LogP) is 4.01. The molecule has 0 aliphatic heterocycles. The molecule has 1 aromatic carbocycles. The van der Waals surface area contributed by atoms with Crippen molar-refractivity contribution in [3.05, 3.63) is 42.5 Å². The molecule has 156 valence electrons. The van der Waals surface area contributed by atoms with Crippen LogP contribution < -0.4 is 10.1 Å². The molecular formula is C21H31NO5S. The molecule has 1 N–H and O–H groups in total. The second-order valence-corrected chi connectivity index (χ2v) is 7.78. The topological polar surface area (TPSA) is 73.9 Å². The minimum Gasteiger partial charge on any atom is -0.490 e. The summed E-state index contributed by atoms with van der Waals surface area (Å²) in [5.74, 6) is 1.25. The van der Waals surface area contributed by atoms with Crippen LogP contribution in [0.15, 0.2) is 36.9 Å². The molecule has 0 bridgehead atoms. The van der Waals surface area contributed by atoms with Gasteiger partial charge in [-0.1, -0.05) is 39.5 Å². The van der Waals surface area contributed by atoms with Crippen molar-refractivity contribution >= 4 is 23.8 Å². The minimum atomic E-state index is -0.584. The molecule has 2 unspecified atom stereocenters. The predicted molar refractivity (Wildman–Crippen MR) is 113 cm³/mol. The Hall–Kier alpha value is -2.15. The SMILES string of the molecule is C=CC(=O)OCCNC(=O)OCCOc1ccc(C(C(C)C)C(C)SC)cc1. The van der Waals surface area contributed by atoms with E-state index in [1.54, 1.807) is 0 Å². The Balaban J connectivity index is 2.31. The van der Waals surface area contributed by atoms with E-state index in [2.05, 4.69) is 51.1 Å². The summed E-state index contributed by atoms with van der Waals surface area (Å²) in [4.78, 5) is 22.3. The summed E-state index contributed by atoms with van der Waals surface area (Å²) < 4.78 is 15.4. The lowest BCUT2D eigenvalue weighted by molar-refractivity contribution is -0.137. The zero-order valence-electron chi connectivity index (χ0n) is 17.1. The molecule has 0 aliphatic carbocycles. The third-order valence-corrected chi connectivity index (χ3v) is 5.27. The highest BCUT2D eigenvalue weighted by Crippen LogP contribution is 2.34. The zero-order chi connectivity index (χ0) is 20.9. The largest absolute Gasteiger partial charge is 0.490 e. The molecule has 2 atom stereocenters. The van der Waals surface area contributed by atoms with Crippen molar-refractivity contribution in [1.82, 2.24) is 5.32 Å². The number of esters is 1. The van der Waals surface area contributed by atoms with Crippen LogP contribution in [0.4, 0.5) is 4.79 Å². The van der Waals surface area contributed by atoms with Gasteiger partial charge in [-0.2, -0.15) is 11.8 Å². The van der Waals surface area contributed by atoms with E-state index < -0.39 is 12.1 Å². The lowest BCUT2D eigenvalue weighted by atomic mass is 9.86. The average molecular weight is 410 g/mol. The smallest absolute Gasteiger partial charge is 0.407 e. The number of amides is 1. The first kappa shape index (κ1) is 23.9. The Morgan fingerprint density at radius 3 is 2.36 bits per heavy atom. The van der Waals surface area contributed by atoms with E-state index in [1.165, 1.54) is 5.56 Å². The van der Waals surface area contributed by atoms with Gasteiger partial charge in [0.2, 0.25) is 0 Å². The second kappa shape index (κ2) is 13.1. The highest BCUT2D eigenvalue weighted by Gasteiger charge is 2.22. The Morgan fingerprint density at radius 1 is 1.11 bits per heavy atom. The number of thioether (sulfide) groups is 1. The van der Waals surface area contributed by atoms with Gasteiger partial charge >= 0.3 is 12.1 Å². The van der Waals surface area contributed by atoms with Gasteiger partial charge < -0.3 is 19.5 Å². The number of nitrogens with one attached hydrogen (secondary N) is 1. The molecular weight excluding hydrogens is 378 g/mol. The Labute approximate surface area is 172 Å². The maximum atomic E-state index is 11.5. The molecule has 0 heterocycles. The molecule has 1 amide bonds. The van der Waals surface area contributed by atoms with Gasteiger partial charge in [0.1, 0.15) is 25.6 Å². The van der Waals surface area contributed by atoms with Crippen LogP contribution in [-0.4, -0.2) is 49.9 Å². The van der Waals surface area contributed by atoms with Crippen molar-refractivity contribution in [3.8, 4) is 5.75 Å². The van der Waals surface area contributed by atoms with E-state index in [0.29, 0.717) is 17.1 Å². The highest BCUT2D eigenvalue weighted by atomic mass is 32.2. The number of rotatable bonds is 12. The van der Waals surface area contributed by atoms with Crippen molar-refractivity contribution < 1.29 is 23.8 Å². The van der Waals surface area contributed by atoms with Crippen LogP contribution in [0.3, 0.4) is 0 Å². The van der Waals surface area contributed by atoms with Gasteiger partial charge in [-0.25, -0.2) is 9.59 Å². The van der Waals surface area contributed by atoms with Crippen molar-refractivity contribution in [1.29, 1.82) is 0 Å². The van der Waals surface area contributed by atoms with Crippen LogP contribution in [0.2, 0.25) is 0 Å². The number of carbonyl (C=O) groups excluding carboxylic acids is 2. The number of benzene rings is 1. The molecule has 28 heavy (non-hydrogen) atoms. The summed E-state index contributed by atoms with van der Waals surface area (Å²) in [5, 5.41) is 3.02. The molecule has 0 radical (unpaired) electrons. The summed E-state index contributed by atoms with van der Waals surface area (Å²) in [6, 6.07) is 8.10. The number of hydrogen-bond acceptors (Lipinski definition) is 6. The number of hydrogen-bond donors (Lipinski definition) is 1. The summed E-state index contributed by atoms with van der Waals surface area (Å²) in [6.45, 7) is 10.6. The lowest BCUT2D eigenvalue weighted by Crippen LogP contribution is -2.29. The molecule has 0 aromatic heterocycles. The normalized spacial score (nSPS) is 12.8. The average Bonchev–Trinajstić information content (AvgIpc) is 2.69. The van der Waals surface area contributed by atoms with E-state index in [-0.39, 0.29) is 26.4 Å². The van der Waals surface area contributed by atoms with E-state index in [1.807, 2.05) is 23.9 Å². The molecule has 0 saturated carbocycles. The number of ether oxygens (including phenoxy) is 3. The summed E-state index contributed by atoms with van der Waals surface area (Å²) in [6.07, 6.45) is 2.62. The van der Waals surface area contributed by atoms with E-state index in [0.717, 1.165) is 11.8 Å². The van der Waals surface area contributed by atoms with E-state index >= 15 is 0 Å². The van der Waals surface area contributed by atoms with Gasteiger partial charge in [0, 0.05) is 11.3 Å². The van der Waals surface area contributed by atoms with Crippen LogP contribution >= 0.6 is 11.8 Å². The van der Waals surface area contributed by atoms with Crippen molar-refractivity contribution in [2.75, 3.05) is 32.6 Å². The third kappa shape index (κ3) is 8.69. The molecule has 0 aliphatic rings. The monoisotopic (exact) mass is 409 g/mol. The van der Waals surface area contributed by atoms with Gasteiger partial charge in [0.25, 0.3) is 0 Å². The first-order chi connectivity index (χ1) is 13.4. The molecule has 7 heteroatoms. The highest BCUT2D eigenvalue weighted by molar-refractivity contribution is 7.99. The van der Waals surface area contributed by atoms with Gasteiger partial charge in [-0.05, 0) is 35.8 Å². The second-order valence-electron chi connectivity index (χ2n) is 6.56. The van der Waals surface area contributed by atoms with E-state index in [4.69, 9.17) is 14.2 Å². The summed E-state index contributed by atoms with van der Waals surface area (Å²) >= 11 is 1.87. The fraction of sp³-hybridized carbons (Fsp3) is 0.524. The molecule has 0 saturated heterocycles. The van der Waals surface area contributed by atoms with Gasteiger partial charge in [-0.3, -0.25) is 0 Å². The first-order valence-electron chi connectivity index (χ1n) is 9.34. The van der Waals surface area contributed by atoms with E-state index in [9.17, 15) is 9.59 Å². The fourth-order valence-electron chi connectivity index (χ4n) is 2.84. The molecule has 1 aromatic rings. The Kier molecular flexibility index (Phi) is 11.2. The number of alkyl carbamates (subject to hydrolysis) is 1. The molecule has 1 rings (SSSR count). The third-order valence-electron chi connectivity index (χ3n) is 4.23. The van der Waals surface area contributed by atoms with Crippen LogP contribution in [0, 0.1) is 5.92 Å². The minimum absolute atomic E-state index is 0.0648. The van der Waals surface area contributed by atoms with Crippen LogP contribution in [0.5, 0.6) is 5.75 Å². The quantitative estimate of drug-likeness (QED) is 0.319. The van der Waals surface area contributed by atoms with Crippen molar-refractivity contribution in [2.45, 2.75) is 31.9 Å². The van der Waals surface area contributed by atoms with Crippen LogP contribution in [0.25, 0.3) is 0 Å². The van der Waals surface area contributed by atoms with Gasteiger partial charge in [0.15, 0.2) is 0 Å². The Morgan fingerprint density at radius 2 is 1.79 bits per heavy atom. The van der Waals surface area contributed by atoms with Gasteiger partial charge in [0.05, 0.1) is 6.54 Å².